The van der Waals surface area contributed by atoms with E-state index < -0.39 is 0 Å². The van der Waals surface area contributed by atoms with Crippen molar-refractivity contribution in [1.82, 2.24) is 15.5 Å². The van der Waals surface area contributed by atoms with Gasteiger partial charge in [-0.25, -0.2) is 4.79 Å². The number of nitrogens with one attached hydrogen (secondary N) is 2. The van der Waals surface area contributed by atoms with Crippen molar-refractivity contribution in [3.05, 3.63) is 0 Å². The molecule has 0 saturated heterocycles. The summed E-state index contributed by atoms with van der Waals surface area (Å²) in [4.78, 5) is 23.9. The Morgan fingerprint density at radius 2 is 1.73 bits per heavy atom. The molecular formula is C10H21N3O2. The number of amides is 3. The first-order chi connectivity index (χ1) is 6.72. The number of urea groups is 1. The van der Waals surface area contributed by atoms with Crippen molar-refractivity contribution in [2.24, 2.45) is 0 Å². The lowest BCUT2D eigenvalue weighted by Crippen LogP contribution is -2.47. The molecule has 0 rings (SSSR count). The summed E-state index contributed by atoms with van der Waals surface area (Å²) in [7, 11) is 3.38. The quantitative estimate of drug-likeness (QED) is 0.722. The van der Waals surface area contributed by atoms with Gasteiger partial charge in [0.25, 0.3) is 0 Å². The summed E-state index contributed by atoms with van der Waals surface area (Å²) in [6, 6.07) is -0.242. The fourth-order valence-corrected chi connectivity index (χ4v) is 0.891. The van der Waals surface area contributed by atoms with Crippen molar-refractivity contribution in [3.63, 3.8) is 0 Å². The Bertz CT molecular complexity index is 231. The van der Waals surface area contributed by atoms with E-state index in [2.05, 4.69) is 10.6 Å². The van der Waals surface area contributed by atoms with Crippen LogP contribution >= 0.6 is 0 Å². The number of hydrogen-bond acceptors (Lipinski definition) is 2. The summed E-state index contributed by atoms with van der Waals surface area (Å²) in [5, 5.41) is 5.37. The van der Waals surface area contributed by atoms with Crippen molar-refractivity contribution < 1.29 is 9.59 Å². The molecule has 3 amide bonds. The first-order valence-corrected chi connectivity index (χ1v) is 4.98. The van der Waals surface area contributed by atoms with E-state index in [0.29, 0.717) is 13.0 Å². The van der Waals surface area contributed by atoms with Gasteiger partial charge in [-0.2, -0.15) is 0 Å². The van der Waals surface area contributed by atoms with Crippen LogP contribution in [0.25, 0.3) is 0 Å². The summed E-state index contributed by atoms with van der Waals surface area (Å²) in [6.45, 7) is 6.06. The van der Waals surface area contributed by atoms with Crippen molar-refractivity contribution in [2.75, 3.05) is 20.6 Å². The maximum atomic E-state index is 11.3. The number of nitrogens with zero attached hydrogens (tertiary/aromatic N) is 1. The van der Waals surface area contributed by atoms with Gasteiger partial charge in [-0.05, 0) is 20.8 Å². The fraction of sp³-hybridized carbons (Fsp3) is 0.800. The molecule has 0 aromatic heterocycles. The van der Waals surface area contributed by atoms with Gasteiger partial charge in [-0.15, -0.1) is 0 Å². The molecule has 5 heteroatoms. The first-order valence-electron chi connectivity index (χ1n) is 4.98. The predicted octanol–water partition coefficient (Wildman–Crippen LogP) is 0.562. The summed E-state index contributed by atoms with van der Waals surface area (Å²) in [5.41, 5.74) is -0.254. The van der Waals surface area contributed by atoms with Crippen molar-refractivity contribution >= 4 is 11.9 Å². The van der Waals surface area contributed by atoms with E-state index in [1.807, 2.05) is 20.8 Å². The zero-order valence-corrected chi connectivity index (χ0v) is 10.2. The van der Waals surface area contributed by atoms with Gasteiger partial charge in [0.1, 0.15) is 0 Å². The average Bonchev–Trinajstić information content (AvgIpc) is 2.00. The SMILES string of the molecule is CN(C)C(=O)CCNC(=O)NC(C)(C)C. The molecule has 0 bridgehead atoms. The molecule has 0 saturated carbocycles. The van der Waals surface area contributed by atoms with Crippen molar-refractivity contribution in [1.29, 1.82) is 0 Å². The zero-order valence-electron chi connectivity index (χ0n) is 10.2. The van der Waals surface area contributed by atoms with Gasteiger partial charge in [0.05, 0.1) is 0 Å². The highest BCUT2D eigenvalue weighted by Crippen LogP contribution is 1.97. The third kappa shape index (κ3) is 7.78. The average molecular weight is 215 g/mol. The molecule has 0 heterocycles. The minimum absolute atomic E-state index is 0.00561. The van der Waals surface area contributed by atoms with E-state index in [0.717, 1.165) is 0 Å². The molecule has 0 atom stereocenters. The Morgan fingerprint density at radius 3 is 2.13 bits per heavy atom. The maximum absolute atomic E-state index is 11.3. The lowest BCUT2D eigenvalue weighted by atomic mass is 10.1. The van der Waals surface area contributed by atoms with Crippen LogP contribution in [-0.2, 0) is 4.79 Å². The molecule has 15 heavy (non-hydrogen) atoms. The molecule has 0 aromatic rings. The molecule has 0 fully saturated rings. The second-order valence-corrected chi connectivity index (χ2v) is 4.67. The van der Waals surface area contributed by atoms with Crippen LogP contribution in [0.15, 0.2) is 0 Å². The Labute approximate surface area is 91.2 Å². The highest BCUT2D eigenvalue weighted by molar-refractivity contribution is 5.78. The van der Waals surface area contributed by atoms with Crippen molar-refractivity contribution in [2.45, 2.75) is 32.7 Å². The number of hydrogen-bond donors (Lipinski definition) is 2. The molecule has 88 valence electrons. The molecule has 2 N–H and O–H groups in total. The summed E-state index contributed by atoms with van der Waals surface area (Å²) in [5.74, 6) is 0.00561. The van der Waals surface area contributed by atoms with Gasteiger partial charge in [-0.3, -0.25) is 4.79 Å². The molecule has 5 nitrogen and oxygen atoms in total. The Balaban J connectivity index is 3.70. The predicted molar refractivity (Wildman–Crippen MR) is 59.6 cm³/mol. The standard InChI is InChI=1S/C10H21N3O2/c1-10(2,3)12-9(15)11-7-6-8(14)13(4)5/h6-7H2,1-5H3,(H2,11,12,15). The Hall–Kier alpha value is -1.26. The molecule has 0 spiro atoms. The summed E-state index contributed by atoms with van der Waals surface area (Å²) in [6.07, 6.45) is 0.324. The highest BCUT2D eigenvalue weighted by Gasteiger charge is 2.13. The van der Waals surface area contributed by atoms with Gasteiger partial charge in [0.2, 0.25) is 5.91 Å². The highest BCUT2D eigenvalue weighted by atomic mass is 16.2. The molecule has 0 radical (unpaired) electrons. The lowest BCUT2D eigenvalue weighted by molar-refractivity contribution is -0.128. The van der Waals surface area contributed by atoms with E-state index in [-0.39, 0.29) is 17.5 Å². The minimum Gasteiger partial charge on any atom is -0.349 e. The second kappa shape index (κ2) is 5.58. The van der Waals surface area contributed by atoms with Crippen LogP contribution in [0.4, 0.5) is 4.79 Å². The number of rotatable bonds is 3. The van der Waals surface area contributed by atoms with Crippen LogP contribution in [0.1, 0.15) is 27.2 Å². The van der Waals surface area contributed by atoms with Gasteiger partial charge < -0.3 is 15.5 Å². The van der Waals surface area contributed by atoms with E-state index in [1.165, 1.54) is 4.90 Å². The topological polar surface area (TPSA) is 61.4 Å². The lowest BCUT2D eigenvalue weighted by Gasteiger charge is -2.20. The fourth-order valence-electron chi connectivity index (χ4n) is 0.891. The second-order valence-electron chi connectivity index (χ2n) is 4.67. The number of carbonyl (C=O) groups is 2. The summed E-state index contributed by atoms with van der Waals surface area (Å²) >= 11 is 0. The molecule has 0 aliphatic heterocycles. The normalized spacial score (nSPS) is 10.7. The monoisotopic (exact) mass is 215 g/mol. The third-order valence-corrected chi connectivity index (χ3v) is 1.61. The van der Waals surface area contributed by atoms with Crippen LogP contribution in [0.2, 0.25) is 0 Å². The van der Waals surface area contributed by atoms with Gasteiger partial charge in [0, 0.05) is 32.6 Å². The largest absolute Gasteiger partial charge is 0.349 e. The van der Waals surface area contributed by atoms with Gasteiger partial charge in [0.15, 0.2) is 0 Å². The van der Waals surface area contributed by atoms with Gasteiger partial charge >= 0.3 is 6.03 Å². The molecule has 0 aliphatic rings. The van der Waals surface area contributed by atoms with Gasteiger partial charge in [-0.1, -0.05) is 0 Å². The first kappa shape index (κ1) is 13.7. The van der Waals surface area contributed by atoms with E-state index in [9.17, 15) is 9.59 Å². The molecule has 0 aromatic carbocycles. The van der Waals surface area contributed by atoms with Crippen LogP contribution in [-0.4, -0.2) is 43.0 Å². The van der Waals surface area contributed by atoms with E-state index >= 15 is 0 Å². The van der Waals surface area contributed by atoms with Crippen LogP contribution in [0, 0.1) is 0 Å². The molecular weight excluding hydrogens is 194 g/mol. The van der Waals surface area contributed by atoms with Crippen LogP contribution < -0.4 is 10.6 Å². The van der Waals surface area contributed by atoms with Crippen molar-refractivity contribution in [3.8, 4) is 0 Å². The maximum Gasteiger partial charge on any atom is 0.315 e. The Kier molecular flexibility index (Phi) is 5.11. The molecule has 0 unspecified atom stereocenters. The Morgan fingerprint density at radius 1 is 1.20 bits per heavy atom. The van der Waals surface area contributed by atoms with Crippen LogP contribution in [0.5, 0.6) is 0 Å². The smallest absolute Gasteiger partial charge is 0.315 e. The summed E-state index contributed by atoms with van der Waals surface area (Å²) < 4.78 is 0. The van der Waals surface area contributed by atoms with Crippen LogP contribution in [0.3, 0.4) is 0 Å². The zero-order chi connectivity index (χ0) is 12.1. The molecule has 0 aliphatic carbocycles. The van der Waals surface area contributed by atoms with E-state index in [4.69, 9.17) is 0 Å². The minimum atomic E-state index is -0.254. The van der Waals surface area contributed by atoms with E-state index in [1.54, 1.807) is 14.1 Å². The third-order valence-electron chi connectivity index (χ3n) is 1.61. The number of carbonyl (C=O) groups excluding carboxylic acids is 2.